The Labute approximate surface area is 149 Å². The predicted molar refractivity (Wildman–Crippen MR) is 91.3 cm³/mol. The van der Waals surface area contributed by atoms with Crippen LogP contribution >= 0.6 is 23.2 Å². The fraction of sp³-hybridized carbons (Fsp3) is 0.235. The third kappa shape index (κ3) is 4.04. The van der Waals surface area contributed by atoms with E-state index in [0.717, 1.165) is 0 Å². The van der Waals surface area contributed by atoms with Gasteiger partial charge in [-0.05, 0) is 43.7 Å². The number of benzene rings is 1. The third-order valence-electron chi connectivity index (χ3n) is 3.31. The van der Waals surface area contributed by atoms with Crippen molar-refractivity contribution in [2.24, 2.45) is 0 Å². The van der Waals surface area contributed by atoms with E-state index < -0.39 is 12.6 Å². The van der Waals surface area contributed by atoms with Crippen LogP contribution in [-0.2, 0) is 4.74 Å². The highest BCUT2D eigenvalue weighted by Crippen LogP contribution is 2.25. The SMILES string of the molecule is COc1ccc(C(=O)COC(=O)c2c(C)cc(C)nc2Cl)cc1Cl. The highest BCUT2D eigenvalue weighted by molar-refractivity contribution is 6.33. The molecule has 0 saturated heterocycles. The zero-order chi connectivity index (χ0) is 17.9. The molecule has 0 N–H and O–H groups in total. The molecule has 0 amide bonds. The van der Waals surface area contributed by atoms with Gasteiger partial charge in [0.1, 0.15) is 10.9 Å². The monoisotopic (exact) mass is 367 g/mol. The van der Waals surface area contributed by atoms with Crippen molar-refractivity contribution >= 4 is 35.0 Å². The second-order valence-corrected chi connectivity index (χ2v) is 5.86. The van der Waals surface area contributed by atoms with Gasteiger partial charge in [0.15, 0.2) is 12.4 Å². The molecule has 1 heterocycles. The van der Waals surface area contributed by atoms with Crippen molar-refractivity contribution in [2.75, 3.05) is 13.7 Å². The number of ether oxygens (including phenoxy) is 2. The van der Waals surface area contributed by atoms with Gasteiger partial charge < -0.3 is 9.47 Å². The molecule has 1 aromatic heterocycles. The number of ketones is 1. The number of nitrogens with zero attached hydrogens (tertiary/aromatic N) is 1. The fourth-order valence-corrected chi connectivity index (χ4v) is 2.78. The summed E-state index contributed by atoms with van der Waals surface area (Å²) in [5, 5.41) is 0.355. The van der Waals surface area contributed by atoms with Crippen LogP contribution < -0.4 is 4.74 Å². The largest absolute Gasteiger partial charge is 0.495 e. The minimum Gasteiger partial charge on any atom is -0.495 e. The van der Waals surface area contributed by atoms with Gasteiger partial charge in [0.2, 0.25) is 0 Å². The molecule has 0 bridgehead atoms. The molecular formula is C17H15Cl2NO4. The number of rotatable bonds is 5. The first-order valence-corrected chi connectivity index (χ1v) is 7.76. The van der Waals surface area contributed by atoms with Crippen molar-refractivity contribution < 1.29 is 19.1 Å². The zero-order valence-corrected chi connectivity index (χ0v) is 14.9. The average molecular weight is 368 g/mol. The zero-order valence-electron chi connectivity index (χ0n) is 13.4. The molecule has 0 spiro atoms. The number of halogens is 2. The van der Waals surface area contributed by atoms with E-state index in [1.807, 2.05) is 0 Å². The van der Waals surface area contributed by atoms with Crippen molar-refractivity contribution in [3.8, 4) is 5.75 Å². The van der Waals surface area contributed by atoms with E-state index in [2.05, 4.69) is 4.98 Å². The van der Waals surface area contributed by atoms with E-state index in [-0.39, 0.29) is 16.5 Å². The second-order valence-electron chi connectivity index (χ2n) is 5.09. The number of aryl methyl sites for hydroxylation is 2. The summed E-state index contributed by atoms with van der Waals surface area (Å²) >= 11 is 12.0. The van der Waals surface area contributed by atoms with Crippen molar-refractivity contribution in [1.82, 2.24) is 4.98 Å². The van der Waals surface area contributed by atoms with Gasteiger partial charge in [0.05, 0.1) is 17.7 Å². The number of hydrogen-bond donors (Lipinski definition) is 0. The van der Waals surface area contributed by atoms with E-state index in [4.69, 9.17) is 32.7 Å². The molecule has 2 rings (SSSR count). The molecule has 0 aliphatic heterocycles. The van der Waals surface area contributed by atoms with Gasteiger partial charge in [-0.3, -0.25) is 4.79 Å². The lowest BCUT2D eigenvalue weighted by molar-refractivity contribution is 0.0473. The van der Waals surface area contributed by atoms with E-state index in [1.165, 1.54) is 13.2 Å². The molecule has 0 atom stereocenters. The average Bonchev–Trinajstić information content (AvgIpc) is 2.51. The Morgan fingerprint density at radius 3 is 2.46 bits per heavy atom. The Morgan fingerprint density at radius 1 is 1.17 bits per heavy atom. The molecule has 24 heavy (non-hydrogen) atoms. The van der Waals surface area contributed by atoms with Crippen LogP contribution in [-0.4, -0.2) is 30.5 Å². The fourth-order valence-electron chi connectivity index (χ4n) is 2.16. The van der Waals surface area contributed by atoms with Crippen LogP contribution in [0.2, 0.25) is 10.2 Å². The molecule has 0 saturated carbocycles. The van der Waals surface area contributed by atoms with Crippen molar-refractivity contribution in [2.45, 2.75) is 13.8 Å². The summed E-state index contributed by atoms with van der Waals surface area (Å²) in [5.41, 5.74) is 1.80. The van der Waals surface area contributed by atoms with Crippen molar-refractivity contribution in [1.29, 1.82) is 0 Å². The summed E-state index contributed by atoms with van der Waals surface area (Å²) in [7, 11) is 1.48. The molecule has 0 aliphatic rings. The first-order valence-electron chi connectivity index (χ1n) is 7.01. The van der Waals surface area contributed by atoms with E-state index >= 15 is 0 Å². The number of Topliss-reactive ketones (excluding diaryl/α,β-unsaturated/α-hetero) is 1. The van der Waals surface area contributed by atoms with Gasteiger partial charge in [-0.1, -0.05) is 23.2 Å². The summed E-state index contributed by atoms with van der Waals surface area (Å²) in [4.78, 5) is 28.3. The molecule has 7 heteroatoms. The number of pyridine rings is 1. The van der Waals surface area contributed by atoms with Crippen molar-refractivity contribution in [3.63, 3.8) is 0 Å². The topological polar surface area (TPSA) is 65.5 Å². The Bertz CT molecular complexity index is 782. The summed E-state index contributed by atoms with van der Waals surface area (Å²) < 4.78 is 10.1. The van der Waals surface area contributed by atoms with E-state index in [9.17, 15) is 9.59 Å². The highest BCUT2D eigenvalue weighted by Gasteiger charge is 2.19. The van der Waals surface area contributed by atoms with Gasteiger partial charge in [0.25, 0.3) is 0 Å². The Hall–Kier alpha value is -2.11. The van der Waals surface area contributed by atoms with Gasteiger partial charge in [0, 0.05) is 11.3 Å². The standard InChI is InChI=1S/C17H15Cl2NO4/c1-9-6-10(2)20-16(19)15(9)17(22)24-8-13(21)11-4-5-14(23-3)12(18)7-11/h4-7H,8H2,1-3H3. The predicted octanol–water partition coefficient (Wildman–Crippen LogP) is 4.05. The van der Waals surface area contributed by atoms with Crippen LogP contribution in [0.3, 0.4) is 0 Å². The van der Waals surface area contributed by atoms with Crippen LogP contribution in [0.15, 0.2) is 24.3 Å². The highest BCUT2D eigenvalue weighted by atomic mass is 35.5. The number of aromatic nitrogens is 1. The molecule has 0 fully saturated rings. The Balaban J connectivity index is 2.09. The normalized spacial score (nSPS) is 10.4. The number of esters is 1. The Morgan fingerprint density at radius 2 is 1.88 bits per heavy atom. The second kappa shape index (κ2) is 7.64. The summed E-state index contributed by atoms with van der Waals surface area (Å²) in [6, 6.07) is 6.30. The first kappa shape index (κ1) is 18.2. The third-order valence-corrected chi connectivity index (χ3v) is 3.88. The maximum absolute atomic E-state index is 12.2. The van der Waals surface area contributed by atoms with Crippen LogP contribution in [0.1, 0.15) is 32.0 Å². The molecule has 0 unspecified atom stereocenters. The van der Waals surface area contributed by atoms with Crippen molar-refractivity contribution in [3.05, 3.63) is 56.8 Å². The van der Waals surface area contributed by atoms with Gasteiger partial charge >= 0.3 is 5.97 Å². The molecule has 2 aromatic rings. The number of hydrogen-bond acceptors (Lipinski definition) is 5. The molecular weight excluding hydrogens is 353 g/mol. The maximum Gasteiger partial charge on any atom is 0.342 e. The molecule has 1 aromatic carbocycles. The first-order chi connectivity index (χ1) is 11.3. The maximum atomic E-state index is 12.2. The lowest BCUT2D eigenvalue weighted by Gasteiger charge is -2.09. The summed E-state index contributed by atoms with van der Waals surface area (Å²) in [6.45, 7) is 3.07. The van der Waals surface area contributed by atoms with Crippen LogP contribution in [0, 0.1) is 13.8 Å². The number of carbonyl (C=O) groups is 2. The molecule has 5 nitrogen and oxygen atoms in total. The van der Waals surface area contributed by atoms with E-state index in [0.29, 0.717) is 27.6 Å². The molecule has 126 valence electrons. The number of methoxy groups -OCH3 is 1. The minimum atomic E-state index is -0.696. The van der Waals surface area contributed by atoms with Gasteiger partial charge in [-0.15, -0.1) is 0 Å². The quantitative estimate of drug-likeness (QED) is 0.453. The molecule has 0 radical (unpaired) electrons. The lowest BCUT2D eigenvalue weighted by Crippen LogP contribution is -2.16. The minimum absolute atomic E-state index is 0.0532. The molecule has 0 aliphatic carbocycles. The summed E-state index contributed by atoms with van der Waals surface area (Å²) in [5.74, 6) is -0.627. The van der Waals surface area contributed by atoms with Gasteiger partial charge in [-0.25, -0.2) is 9.78 Å². The summed E-state index contributed by atoms with van der Waals surface area (Å²) in [6.07, 6.45) is 0. The van der Waals surface area contributed by atoms with Crippen LogP contribution in [0.4, 0.5) is 0 Å². The van der Waals surface area contributed by atoms with E-state index in [1.54, 1.807) is 32.0 Å². The van der Waals surface area contributed by atoms with Crippen LogP contribution in [0.25, 0.3) is 0 Å². The van der Waals surface area contributed by atoms with Crippen LogP contribution in [0.5, 0.6) is 5.75 Å². The smallest absolute Gasteiger partial charge is 0.342 e. The lowest BCUT2D eigenvalue weighted by atomic mass is 10.1. The Kier molecular flexibility index (Phi) is 5.80. The van der Waals surface area contributed by atoms with Gasteiger partial charge in [-0.2, -0.15) is 0 Å². The number of carbonyl (C=O) groups excluding carboxylic acids is 2.